The van der Waals surface area contributed by atoms with Crippen LogP contribution in [0.15, 0.2) is 18.2 Å². The second-order valence-electron chi connectivity index (χ2n) is 8.90. The van der Waals surface area contributed by atoms with Crippen molar-refractivity contribution in [2.75, 3.05) is 7.11 Å². The van der Waals surface area contributed by atoms with Crippen molar-refractivity contribution in [1.82, 2.24) is 0 Å². The molecule has 0 aromatic heterocycles. The van der Waals surface area contributed by atoms with Gasteiger partial charge >= 0.3 is 5.97 Å². The van der Waals surface area contributed by atoms with Crippen LogP contribution in [0.3, 0.4) is 0 Å². The molecule has 0 aliphatic heterocycles. The van der Waals surface area contributed by atoms with E-state index in [1.54, 1.807) is 0 Å². The molecule has 0 saturated heterocycles. The molecular formula is C22H30O4. The van der Waals surface area contributed by atoms with Gasteiger partial charge in [0.2, 0.25) is 0 Å². The number of ether oxygens (including phenoxy) is 1. The van der Waals surface area contributed by atoms with Crippen LogP contribution in [0.1, 0.15) is 62.5 Å². The fourth-order valence-electron chi connectivity index (χ4n) is 6.40. The molecule has 6 atom stereocenters. The zero-order chi connectivity index (χ0) is 18.5. The summed E-state index contributed by atoms with van der Waals surface area (Å²) >= 11 is 0. The lowest BCUT2D eigenvalue weighted by Gasteiger charge is -2.50. The van der Waals surface area contributed by atoms with Crippen molar-refractivity contribution in [3.05, 3.63) is 29.3 Å². The Labute approximate surface area is 155 Å². The largest absolute Gasteiger partial charge is 0.508 e. The topological polar surface area (TPSA) is 66.8 Å². The molecule has 0 heterocycles. The third-order valence-corrected chi connectivity index (χ3v) is 7.77. The second-order valence-corrected chi connectivity index (χ2v) is 8.90. The number of esters is 1. The van der Waals surface area contributed by atoms with E-state index in [4.69, 9.17) is 4.74 Å². The molecule has 2 fully saturated rings. The predicted molar refractivity (Wildman–Crippen MR) is 98.9 cm³/mol. The number of hydrogen-bond acceptors (Lipinski definition) is 4. The first kappa shape index (κ1) is 17.8. The summed E-state index contributed by atoms with van der Waals surface area (Å²) in [6, 6.07) is 5.87. The molecule has 0 spiro atoms. The number of fused-ring (bicyclic) bond motifs is 5. The van der Waals surface area contributed by atoms with Crippen molar-refractivity contribution in [1.29, 1.82) is 0 Å². The van der Waals surface area contributed by atoms with Crippen molar-refractivity contribution in [3.8, 4) is 5.75 Å². The van der Waals surface area contributed by atoms with E-state index in [9.17, 15) is 15.0 Å². The number of aromatic hydroxyl groups is 1. The Morgan fingerprint density at radius 3 is 2.92 bits per heavy atom. The van der Waals surface area contributed by atoms with E-state index in [1.165, 1.54) is 18.2 Å². The summed E-state index contributed by atoms with van der Waals surface area (Å²) < 4.78 is 4.78. The van der Waals surface area contributed by atoms with E-state index in [-0.39, 0.29) is 23.4 Å². The van der Waals surface area contributed by atoms with E-state index in [1.807, 2.05) is 12.1 Å². The zero-order valence-electron chi connectivity index (χ0n) is 15.8. The minimum atomic E-state index is -0.320. The van der Waals surface area contributed by atoms with Gasteiger partial charge in [0, 0.05) is 6.42 Å². The highest BCUT2D eigenvalue weighted by molar-refractivity contribution is 5.69. The lowest BCUT2D eigenvalue weighted by Crippen LogP contribution is -2.44. The van der Waals surface area contributed by atoms with E-state index in [2.05, 4.69) is 13.0 Å². The highest BCUT2D eigenvalue weighted by Crippen LogP contribution is 2.62. The Balaban J connectivity index is 1.56. The minimum absolute atomic E-state index is 0.0314. The van der Waals surface area contributed by atoms with Crippen molar-refractivity contribution in [2.24, 2.45) is 23.2 Å². The summed E-state index contributed by atoms with van der Waals surface area (Å²) in [6.07, 6.45) is 6.12. The normalized spacial score (nSPS) is 38.2. The smallest absolute Gasteiger partial charge is 0.305 e. The van der Waals surface area contributed by atoms with Crippen LogP contribution < -0.4 is 0 Å². The fourth-order valence-corrected chi connectivity index (χ4v) is 6.40. The highest BCUT2D eigenvalue weighted by Gasteiger charge is 2.57. The molecule has 0 unspecified atom stereocenters. The van der Waals surface area contributed by atoms with Crippen LogP contribution in [0, 0.1) is 23.2 Å². The van der Waals surface area contributed by atoms with Gasteiger partial charge in [0.15, 0.2) is 0 Å². The molecule has 1 aromatic rings. The number of phenolic OH excluding ortho intramolecular Hbond substituents is 1. The summed E-state index contributed by atoms with van der Waals surface area (Å²) in [6.45, 7) is 2.27. The van der Waals surface area contributed by atoms with Crippen LogP contribution in [0.4, 0.5) is 0 Å². The maximum absolute atomic E-state index is 11.5. The van der Waals surface area contributed by atoms with E-state index < -0.39 is 0 Å². The van der Waals surface area contributed by atoms with Crippen molar-refractivity contribution >= 4 is 5.97 Å². The number of phenols is 1. The lowest BCUT2D eigenvalue weighted by atomic mass is 9.55. The number of carbonyl (C=O) groups is 1. The van der Waals surface area contributed by atoms with Crippen LogP contribution in [0.2, 0.25) is 0 Å². The van der Waals surface area contributed by atoms with E-state index >= 15 is 0 Å². The van der Waals surface area contributed by atoms with Gasteiger partial charge in [-0.2, -0.15) is 0 Å². The van der Waals surface area contributed by atoms with Crippen LogP contribution in [-0.2, 0) is 16.0 Å². The van der Waals surface area contributed by atoms with Gasteiger partial charge in [-0.25, -0.2) is 0 Å². The molecule has 142 valence electrons. The van der Waals surface area contributed by atoms with Gasteiger partial charge < -0.3 is 14.9 Å². The highest BCUT2D eigenvalue weighted by atomic mass is 16.5. The van der Waals surface area contributed by atoms with E-state index in [0.29, 0.717) is 29.9 Å². The average molecular weight is 358 g/mol. The quantitative estimate of drug-likeness (QED) is 0.807. The number of aliphatic hydroxyl groups excluding tert-OH is 1. The molecule has 4 heteroatoms. The Kier molecular flexibility index (Phi) is 4.50. The number of aryl methyl sites for hydroxylation is 1. The van der Waals surface area contributed by atoms with E-state index in [0.717, 1.165) is 38.5 Å². The van der Waals surface area contributed by atoms with Crippen LogP contribution >= 0.6 is 0 Å². The van der Waals surface area contributed by atoms with Crippen LogP contribution in [-0.4, -0.2) is 29.4 Å². The zero-order valence-corrected chi connectivity index (χ0v) is 15.8. The van der Waals surface area contributed by atoms with Gasteiger partial charge in [-0.15, -0.1) is 0 Å². The maximum Gasteiger partial charge on any atom is 0.305 e. The molecule has 26 heavy (non-hydrogen) atoms. The third-order valence-electron chi connectivity index (χ3n) is 7.77. The summed E-state index contributed by atoms with van der Waals surface area (Å²) in [7, 11) is 1.43. The summed E-state index contributed by atoms with van der Waals surface area (Å²) in [5.74, 6) is 2.04. The maximum atomic E-state index is 11.5. The van der Waals surface area contributed by atoms with Gasteiger partial charge in [0.05, 0.1) is 13.2 Å². The molecule has 2 saturated carbocycles. The molecule has 0 radical (unpaired) electrons. The monoisotopic (exact) mass is 358 g/mol. The molecule has 0 bridgehead atoms. The SMILES string of the molecule is COC(=O)CC[C@@H]1C[C@H]2[C@@H]3CCc4cc(O)ccc4[C@H]3CC[C@]2(C)[C@H]1O. The first-order chi connectivity index (χ1) is 12.4. The summed E-state index contributed by atoms with van der Waals surface area (Å²) in [5, 5.41) is 20.9. The molecule has 3 aliphatic rings. The van der Waals surface area contributed by atoms with Crippen LogP contribution in [0.25, 0.3) is 0 Å². The number of benzene rings is 1. The van der Waals surface area contributed by atoms with Gasteiger partial charge in [0.1, 0.15) is 5.75 Å². The molecule has 0 amide bonds. The first-order valence-electron chi connectivity index (χ1n) is 10.0. The molecule has 1 aromatic carbocycles. The molecule has 4 rings (SSSR count). The van der Waals surface area contributed by atoms with Crippen LogP contribution in [0.5, 0.6) is 5.75 Å². The number of carbonyl (C=O) groups excluding carboxylic acids is 1. The number of hydrogen-bond donors (Lipinski definition) is 2. The van der Waals surface area contributed by atoms with Gasteiger partial charge in [-0.05, 0) is 90.9 Å². The van der Waals surface area contributed by atoms with Gasteiger partial charge in [-0.1, -0.05) is 13.0 Å². The fraction of sp³-hybridized carbons (Fsp3) is 0.682. The molecular weight excluding hydrogens is 328 g/mol. The molecule has 2 N–H and O–H groups in total. The Morgan fingerprint density at radius 2 is 2.15 bits per heavy atom. The Morgan fingerprint density at radius 1 is 1.35 bits per heavy atom. The van der Waals surface area contributed by atoms with Crippen molar-refractivity contribution < 1.29 is 19.7 Å². The standard InChI is InChI=1S/C22H30O4/c1-22-10-9-17-16-7-5-15(23)11-13(16)3-6-18(17)19(22)12-14(21(22)25)4-8-20(24)26-2/h5,7,11,14,17-19,21,23,25H,3-4,6,8-10,12H2,1-2H3/t14-,17-,18-,19+,21+,22+/m1/s1. The number of aliphatic hydroxyl groups is 1. The third kappa shape index (κ3) is 2.74. The number of methoxy groups -OCH3 is 1. The number of rotatable bonds is 3. The second kappa shape index (κ2) is 6.56. The minimum Gasteiger partial charge on any atom is -0.508 e. The molecule has 4 nitrogen and oxygen atoms in total. The van der Waals surface area contributed by atoms with Crippen molar-refractivity contribution in [2.45, 2.75) is 63.9 Å². The Hall–Kier alpha value is -1.55. The molecule has 3 aliphatic carbocycles. The van der Waals surface area contributed by atoms with Crippen molar-refractivity contribution in [3.63, 3.8) is 0 Å². The lowest BCUT2D eigenvalue weighted by molar-refractivity contribution is -0.141. The average Bonchev–Trinajstić information content (AvgIpc) is 2.90. The summed E-state index contributed by atoms with van der Waals surface area (Å²) in [4.78, 5) is 11.5. The first-order valence-corrected chi connectivity index (χ1v) is 10.0. The predicted octanol–water partition coefficient (Wildman–Crippen LogP) is 3.79. The van der Waals surface area contributed by atoms with Gasteiger partial charge in [-0.3, -0.25) is 4.79 Å². The summed E-state index contributed by atoms with van der Waals surface area (Å²) in [5.41, 5.74) is 2.68. The van der Waals surface area contributed by atoms with Gasteiger partial charge in [0.25, 0.3) is 0 Å². The Bertz CT molecular complexity index is 699.